The first-order chi connectivity index (χ1) is 9.36. The average molecular weight is 261 g/mol. The van der Waals surface area contributed by atoms with Crippen LogP contribution in [0.2, 0.25) is 0 Å². The summed E-state index contributed by atoms with van der Waals surface area (Å²) in [6.45, 7) is 7.13. The lowest BCUT2D eigenvalue weighted by atomic mass is 10.0. The highest BCUT2D eigenvalue weighted by molar-refractivity contribution is 5.26. The molecule has 0 saturated heterocycles. The maximum Gasteiger partial charge on any atom is 0.0480 e. The van der Waals surface area contributed by atoms with Crippen LogP contribution in [0.15, 0.2) is 30.3 Å². The second-order valence-electron chi connectivity index (χ2n) is 5.46. The highest BCUT2D eigenvalue weighted by Gasteiger charge is 2.43. The van der Waals surface area contributed by atoms with E-state index in [1.807, 2.05) is 0 Å². The molecule has 0 radical (unpaired) electrons. The maximum atomic E-state index is 5.52. The highest BCUT2D eigenvalue weighted by atomic mass is 16.5. The zero-order chi connectivity index (χ0) is 13.5. The minimum atomic E-state index is 0.622. The SMILES string of the molecule is CCCNC(CCOCC)C1CC1c1ccccc1. The highest BCUT2D eigenvalue weighted by Crippen LogP contribution is 2.50. The van der Waals surface area contributed by atoms with Crippen molar-refractivity contribution in [3.05, 3.63) is 35.9 Å². The molecule has 3 unspecified atom stereocenters. The minimum absolute atomic E-state index is 0.622. The van der Waals surface area contributed by atoms with Gasteiger partial charge >= 0.3 is 0 Å². The fraction of sp³-hybridized carbons (Fsp3) is 0.647. The molecule has 1 saturated carbocycles. The molecule has 2 heteroatoms. The quantitative estimate of drug-likeness (QED) is 0.686. The van der Waals surface area contributed by atoms with E-state index < -0.39 is 0 Å². The van der Waals surface area contributed by atoms with Crippen molar-refractivity contribution in [1.29, 1.82) is 0 Å². The van der Waals surface area contributed by atoms with Crippen molar-refractivity contribution >= 4 is 0 Å². The molecule has 1 aliphatic rings. The van der Waals surface area contributed by atoms with Crippen molar-refractivity contribution in [2.75, 3.05) is 19.8 Å². The molecule has 0 aliphatic heterocycles. The van der Waals surface area contributed by atoms with Gasteiger partial charge in [-0.05, 0) is 50.1 Å². The molecule has 19 heavy (non-hydrogen) atoms. The third-order valence-corrected chi connectivity index (χ3v) is 4.02. The van der Waals surface area contributed by atoms with Gasteiger partial charge in [-0.15, -0.1) is 0 Å². The number of rotatable bonds is 9. The van der Waals surface area contributed by atoms with E-state index in [0.717, 1.165) is 38.0 Å². The van der Waals surface area contributed by atoms with Crippen molar-refractivity contribution in [3.8, 4) is 0 Å². The molecule has 0 bridgehead atoms. The molecular weight excluding hydrogens is 234 g/mol. The Labute approximate surface area is 117 Å². The van der Waals surface area contributed by atoms with E-state index in [2.05, 4.69) is 49.5 Å². The Balaban J connectivity index is 1.85. The number of ether oxygens (including phenoxy) is 1. The summed E-state index contributed by atoms with van der Waals surface area (Å²) in [4.78, 5) is 0. The zero-order valence-corrected chi connectivity index (χ0v) is 12.3. The van der Waals surface area contributed by atoms with Crippen LogP contribution in [0.1, 0.15) is 44.6 Å². The van der Waals surface area contributed by atoms with E-state index in [1.54, 1.807) is 0 Å². The van der Waals surface area contributed by atoms with Crippen LogP contribution in [0.4, 0.5) is 0 Å². The molecule has 1 fully saturated rings. The molecule has 0 heterocycles. The Hall–Kier alpha value is -0.860. The van der Waals surface area contributed by atoms with Gasteiger partial charge in [-0.2, -0.15) is 0 Å². The molecule has 1 N–H and O–H groups in total. The van der Waals surface area contributed by atoms with Crippen molar-refractivity contribution in [2.24, 2.45) is 5.92 Å². The summed E-state index contributed by atoms with van der Waals surface area (Å²) < 4.78 is 5.52. The van der Waals surface area contributed by atoms with Gasteiger partial charge in [0.15, 0.2) is 0 Å². The number of benzene rings is 1. The molecule has 0 spiro atoms. The van der Waals surface area contributed by atoms with Crippen LogP contribution in [0, 0.1) is 5.92 Å². The minimum Gasteiger partial charge on any atom is -0.382 e. The van der Waals surface area contributed by atoms with Gasteiger partial charge in [0, 0.05) is 19.3 Å². The lowest BCUT2D eigenvalue weighted by Crippen LogP contribution is -2.33. The summed E-state index contributed by atoms with van der Waals surface area (Å²) >= 11 is 0. The van der Waals surface area contributed by atoms with E-state index in [-0.39, 0.29) is 0 Å². The number of nitrogens with one attached hydrogen (secondary N) is 1. The van der Waals surface area contributed by atoms with Crippen molar-refractivity contribution < 1.29 is 4.74 Å². The third-order valence-electron chi connectivity index (χ3n) is 4.02. The monoisotopic (exact) mass is 261 g/mol. The molecule has 2 nitrogen and oxygen atoms in total. The first-order valence-corrected chi connectivity index (χ1v) is 7.72. The Morgan fingerprint density at radius 3 is 2.74 bits per heavy atom. The molecule has 0 aromatic heterocycles. The van der Waals surface area contributed by atoms with Crippen LogP contribution in [0.25, 0.3) is 0 Å². The molecule has 1 aromatic rings. The molecule has 2 rings (SSSR count). The number of hydrogen-bond donors (Lipinski definition) is 1. The van der Waals surface area contributed by atoms with Crippen molar-refractivity contribution in [1.82, 2.24) is 5.32 Å². The van der Waals surface area contributed by atoms with Gasteiger partial charge in [0.05, 0.1) is 0 Å². The standard InChI is InChI=1S/C17H27NO/c1-3-11-18-17(10-12-19-4-2)16-13-15(16)14-8-6-5-7-9-14/h5-9,15-18H,3-4,10-13H2,1-2H3. The molecule has 1 aromatic carbocycles. The molecule has 1 aliphatic carbocycles. The van der Waals surface area contributed by atoms with Gasteiger partial charge in [-0.25, -0.2) is 0 Å². The Morgan fingerprint density at radius 1 is 1.26 bits per heavy atom. The first kappa shape index (κ1) is 14.5. The largest absolute Gasteiger partial charge is 0.382 e. The van der Waals surface area contributed by atoms with E-state index >= 15 is 0 Å². The normalized spacial score (nSPS) is 23.3. The lowest BCUT2D eigenvalue weighted by molar-refractivity contribution is 0.133. The second-order valence-corrected chi connectivity index (χ2v) is 5.46. The molecular formula is C17H27NO. The van der Waals surface area contributed by atoms with Gasteiger partial charge in [-0.1, -0.05) is 37.3 Å². The number of hydrogen-bond acceptors (Lipinski definition) is 2. The maximum absolute atomic E-state index is 5.52. The summed E-state index contributed by atoms with van der Waals surface area (Å²) in [7, 11) is 0. The van der Waals surface area contributed by atoms with Gasteiger partial charge < -0.3 is 10.1 Å². The summed E-state index contributed by atoms with van der Waals surface area (Å²) in [5.74, 6) is 1.56. The van der Waals surface area contributed by atoms with Crippen LogP contribution < -0.4 is 5.32 Å². The average Bonchev–Trinajstić information content (AvgIpc) is 3.24. The van der Waals surface area contributed by atoms with E-state index in [9.17, 15) is 0 Å². The van der Waals surface area contributed by atoms with E-state index in [0.29, 0.717) is 6.04 Å². The van der Waals surface area contributed by atoms with E-state index in [1.165, 1.54) is 18.4 Å². The first-order valence-electron chi connectivity index (χ1n) is 7.72. The van der Waals surface area contributed by atoms with Gasteiger partial charge in [0.1, 0.15) is 0 Å². The van der Waals surface area contributed by atoms with Crippen molar-refractivity contribution in [3.63, 3.8) is 0 Å². The Bertz CT molecular complexity index is 352. The van der Waals surface area contributed by atoms with Crippen LogP contribution in [0.5, 0.6) is 0 Å². The molecule has 106 valence electrons. The zero-order valence-electron chi connectivity index (χ0n) is 12.3. The fourth-order valence-corrected chi connectivity index (χ4v) is 2.89. The molecule has 3 atom stereocenters. The third kappa shape index (κ3) is 4.32. The van der Waals surface area contributed by atoms with Gasteiger partial charge in [0.2, 0.25) is 0 Å². The summed E-state index contributed by atoms with van der Waals surface area (Å²) in [5, 5.41) is 3.71. The van der Waals surface area contributed by atoms with Crippen LogP contribution in [-0.2, 0) is 4.74 Å². The van der Waals surface area contributed by atoms with Crippen LogP contribution in [-0.4, -0.2) is 25.8 Å². The van der Waals surface area contributed by atoms with Crippen LogP contribution in [0.3, 0.4) is 0 Å². The van der Waals surface area contributed by atoms with Crippen molar-refractivity contribution in [2.45, 2.75) is 45.1 Å². The van der Waals surface area contributed by atoms with E-state index in [4.69, 9.17) is 4.74 Å². The Kier molecular flexibility index (Phi) is 5.87. The predicted octanol–water partition coefficient (Wildman–Crippen LogP) is 3.58. The van der Waals surface area contributed by atoms with Gasteiger partial charge in [0.25, 0.3) is 0 Å². The van der Waals surface area contributed by atoms with Gasteiger partial charge in [-0.3, -0.25) is 0 Å². The Morgan fingerprint density at radius 2 is 2.05 bits per heavy atom. The fourth-order valence-electron chi connectivity index (χ4n) is 2.89. The summed E-state index contributed by atoms with van der Waals surface area (Å²) in [6.07, 6.45) is 3.67. The lowest BCUT2D eigenvalue weighted by Gasteiger charge is -2.18. The van der Waals surface area contributed by atoms with Crippen LogP contribution >= 0.6 is 0 Å². The summed E-state index contributed by atoms with van der Waals surface area (Å²) in [6, 6.07) is 11.6. The molecule has 0 amide bonds. The predicted molar refractivity (Wildman–Crippen MR) is 80.5 cm³/mol. The summed E-state index contributed by atoms with van der Waals surface area (Å²) in [5.41, 5.74) is 1.51. The second kappa shape index (κ2) is 7.66. The smallest absolute Gasteiger partial charge is 0.0480 e. The topological polar surface area (TPSA) is 21.3 Å².